The Balaban J connectivity index is -0.0000000743. The van der Waals surface area contributed by atoms with E-state index in [1.807, 2.05) is 6.92 Å². The molecule has 0 aliphatic heterocycles. The van der Waals surface area contributed by atoms with Crippen LogP contribution in [-0.2, 0) is 27.5 Å². The van der Waals surface area contributed by atoms with Crippen molar-refractivity contribution in [3.63, 3.8) is 0 Å². The zero-order chi connectivity index (χ0) is 14.6. The number of imidazole rings is 1. The van der Waals surface area contributed by atoms with E-state index in [0.717, 1.165) is 5.69 Å². The van der Waals surface area contributed by atoms with Crippen LogP contribution in [0.1, 0.15) is 5.69 Å². The van der Waals surface area contributed by atoms with E-state index in [0.29, 0.717) is 10.3 Å². The molecule has 2 rings (SSSR count). The molecule has 0 aliphatic carbocycles. The summed E-state index contributed by atoms with van der Waals surface area (Å²) in [7, 11) is -5.17. The van der Waals surface area contributed by atoms with Gasteiger partial charge in [-0.05, 0) is 35.0 Å². The predicted molar refractivity (Wildman–Crippen MR) is 82.3 cm³/mol. The topological polar surface area (TPSA) is 268 Å². The summed E-state index contributed by atoms with van der Waals surface area (Å²) in [4.78, 5) is 7.67. The van der Waals surface area contributed by atoms with Crippen LogP contribution in [0.2, 0.25) is 0 Å². The van der Waals surface area contributed by atoms with Crippen molar-refractivity contribution in [2.75, 3.05) is 0 Å². The molecular formula is C9H17BrCuFN3O9S. The van der Waals surface area contributed by atoms with Crippen molar-refractivity contribution < 1.29 is 66.4 Å². The molecular weight excluding hydrogens is 489 g/mol. The maximum atomic E-state index is 13.4. The number of rotatable bonds is 1. The van der Waals surface area contributed by atoms with E-state index >= 15 is 0 Å². The predicted octanol–water partition coefficient (Wildman–Crippen LogP) is -2.99. The average Bonchev–Trinajstić information content (AvgIpc) is 2.62. The van der Waals surface area contributed by atoms with Crippen molar-refractivity contribution in [3.05, 3.63) is 40.9 Å². The first-order chi connectivity index (χ1) is 8.66. The van der Waals surface area contributed by atoms with Crippen LogP contribution in [0.4, 0.5) is 4.39 Å². The zero-order valence-electron chi connectivity index (χ0n) is 12.2. The van der Waals surface area contributed by atoms with Crippen molar-refractivity contribution in [2.45, 2.75) is 6.92 Å². The third kappa shape index (κ3) is 16.2. The fraction of sp³-hybridized carbons (Fsp3) is 0.111. The van der Waals surface area contributed by atoms with Crippen LogP contribution < -0.4 is 0 Å². The molecule has 0 bridgehead atoms. The van der Waals surface area contributed by atoms with Crippen molar-refractivity contribution in [1.29, 1.82) is 0 Å². The van der Waals surface area contributed by atoms with Crippen LogP contribution >= 0.6 is 15.9 Å². The van der Waals surface area contributed by atoms with Crippen LogP contribution in [0.5, 0.6) is 0 Å². The van der Waals surface area contributed by atoms with Gasteiger partial charge in [-0.1, -0.05) is 0 Å². The summed E-state index contributed by atoms with van der Waals surface area (Å²) in [6.45, 7) is 1.85. The monoisotopic (exact) mass is 504 g/mol. The van der Waals surface area contributed by atoms with Gasteiger partial charge in [0.05, 0.1) is 12.0 Å². The summed E-state index contributed by atoms with van der Waals surface area (Å²) in [5, 5.41) is 0. The van der Waals surface area contributed by atoms with Crippen molar-refractivity contribution in [2.24, 2.45) is 0 Å². The van der Waals surface area contributed by atoms with Crippen molar-refractivity contribution in [1.82, 2.24) is 14.5 Å². The van der Waals surface area contributed by atoms with E-state index in [1.165, 1.54) is 0 Å². The Labute approximate surface area is 160 Å². The maximum Gasteiger partial charge on any atom is 2.00 e. The Morgan fingerprint density at radius 1 is 1.12 bits per heavy atom. The molecule has 0 fully saturated rings. The van der Waals surface area contributed by atoms with Crippen LogP contribution in [0.3, 0.4) is 0 Å². The summed E-state index contributed by atoms with van der Waals surface area (Å²) in [5.74, 6) is -0.517. The molecule has 2 heterocycles. The molecule has 0 atom stereocenters. The first-order valence-corrected chi connectivity index (χ1v) is 6.79. The number of aryl methyl sites for hydroxylation is 1. The number of halogens is 2. The van der Waals surface area contributed by atoms with E-state index in [9.17, 15) is 4.39 Å². The summed E-state index contributed by atoms with van der Waals surface area (Å²) < 4.78 is 49.5. The molecule has 2 aromatic heterocycles. The molecule has 0 spiro atoms. The van der Waals surface area contributed by atoms with Crippen LogP contribution in [-0.4, -0.2) is 59.4 Å². The van der Waals surface area contributed by atoms with Gasteiger partial charge in [0.25, 0.3) is 0 Å². The SMILES string of the molecule is Cc1cn(-c2ccc(Br)nc2F)cn1.O.O.O.O.O.O=S(=O)([O-])[O-].[Cu+2]. The molecule has 0 amide bonds. The Morgan fingerprint density at radius 3 is 1.88 bits per heavy atom. The summed E-state index contributed by atoms with van der Waals surface area (Å²) in [6, 6.07) is 3.33. The Bertz CT molecular complexity index is 681. The molecule has 0 unspecified atom stereocenters. The normalized spacial score (nSPS) is 8.20. The first kappa shape index (κ1) is 39.2. The van der Waals surface area contributed by atoms with Gasteiger partial charge in [-0.2, -0.15) is 4.39 Å². The quantitative estimate of drug-likeness (QED) is 0.168. The maximum absolute atomic E-state index is 13.4. The number of pyridine rings is 1. The minimum absolute atomic E-state index is 0. The summed E-state index contributed by atoms with van der Waals surface area (Å²) in [5.41, 5.74) is 1.24. The second-order valence-corrected chi connectivity index (χ2v) is 4.90. The minimum atomic E-state index is -5.17. The fourth-order valence-corrected chi connectivity index (χ4v) is 1.44. The van der Waals surface area contributed by atoms with Crippen LogP contribution in [0.25, 0.3) is 5.69 Å². The molecule has 2 aromatic rings. The van der Waals surface area contributed by atoms with Crippen molar-refractivity contribution >= 4 is 26.3 Å². The second kappa shape index (κ2) is 16.4. The Kier molecular flexibility index (Phi) is 25.7. The largest absolute Gasteiger partial charge is 2.00 e. The standard InChI is InChI=1S/C9H7BrFN3.Cu.H2O4S.5H2O/c1-6-4-14(5-12-6)7-2-3-8(10)13-9(7)11;;1-5(2,3)4;;;;;/h2-5H,1H3;;(H2,1,2,3,4);5*1H2/q;+2;;;;;;/p-2. The zero-order valence-corrected chi connectivity index (χ0v) is 15.6. The Morgan fingerprint density at radius 2 is 1.56 bits per heavy atom. The van der Waals surface area contributed by atoms with E-state index in [1.54, 1.807) is 29.2 Å². The van der Waals surface area contributed by atoms with E-state index < -0.39 is 16.3 Å². The summed E-state index contributed by atoms with van der Waals surface area (Å²) in [6.07, 6.45) is 3.30. The van der Waals surface area contributed by atoms with Gasteiger partial charge in [-0.3, -0.25) is 8.42 Å². The number of nitrogens with zero attached hydrogens (tertiary/aromatic N) is 3. The van der Waals surface area contributed by atoms with Crippen molar-refractivity contribution in [3.8, 4) is 5.69 Å². The van der Waals surface area contributed by atoms with Gasteiger partial charge in [0.1, 0.15) is 10.3 Å². The van der Waals surface area contributed by atoms with Gasteiger partial charge >= 0.3 is 17.1 Å². The first-order valence-electron chi connectivity index (χ1n) is 4.66. The number of aromatic nitrogens is 3. The molecule has 1 radical (unpaired) electrons. The number of hydrogen-bond donors (Lipinski definition) is 0. The average molecular weight is 506 g/mol. The molecule has 10 N–H and O–H groups in total. The molecule has 12 nitrogen and oxygen atoms in total. The Hall–Kier alpha value is -1.04. The van der Waals surface area contributed by atoms with Gasteiger partial charge in [0.2, 0.25) is 5.95 Å². The van der Waals surface area contributed by atoms with E-state index in [2.05, 4.69) is 25.9 Å². The molecule has 0 aromatic carbocycles. The number of hydrogen-bond acceptors (Lipinski definition) is 6. The van der Waals surface area contributed by atoms with E-state index in [-0.39, 0.29) is 44.4 Å². The molecule has 16 heteroatoms. The smallest absolute Gasteiger partial charge is 0.759 e. The molecule has 0 saturated heterocycles. The fourth-order valence-electron chi connectivity index (χ4n) is 1.15. The van der Waals surface area contributed by atoms with Gasteiger partial charge in [0.15, 0.2) is 0 Å². The minimum Gasteiger partial charge on any atom is -0.759 e. The summed E-state index contributed by atoms with van der Waals surface area (Å²) >= 11 is 3.10. The third-order valence-electron chi connectivity index (χ3n) is 1.78. The molecule has 0 saturated carbocycles. The van der Waals surface area contributed by atoms with Gasteiger partial charge < -0.3 is 41.1 Å². The van der Waals surface area contributed by atoms with Crippen LogP contribution in [0.15, 0.2) is 29.3 Å². The van der Waals surface area contributed by atoms with Gasteiger partial charge in [-0.15, -0.1) is 0 Å². The van der Waals surface area contributed by atoms with E-state index in [4.69, 9.17) is 17.5 Å². The third-order valence-corrected chi connectivity index (χ3v) is 2.23. The second-order valence-electron chi connectivity index (χ2n) is 3.27. The van der Waals surface area contributed by atoms with Gasteiger partial charge in [0, 0.05) is 16.6 Å². The van der Waals surface area contributed by atoms with Gasteiger partial charge in [-0.25, -0.2) is 9.97 Å². The molecule has 153 valence electrons. The molecule has 0 aliphatic rings. The molecule has 25 heavy (non-hydrogen) atoms. The van der Waals surface area contributed by atoms with Crippen LogP contribution in [0, 0.1) is 12.9 Å².